The van der Waals surface area contributed by atoms with E-state index in [2.05, 4.69) is 16.2 Å². The summed E-state index contributed by atoms with van der Waals surface area (Å²) in [5, 5.41) is 10.7. The Balaban J connectivity index is 1.89. The minimum atomic E-state index is -0.969. The first-order chi connectivity index (χ1) is 17.7. The predicted octanol–water partition coefficient (Wildman–Crippen LogP) is 3.91. The first-order valence-electron chi connectivity index (χ1n) is 11.7. The Hall–Kier alpha value is -4.60. The van der Waals surface area contributed by atoms with Crippen LogP contribution in [0.3, 0.4) is 0 Å². The van der Waals surface area contributed by atoms with Crippen molar-refractivity contribution in [2.75, 3.05) is 11.9 Å². The van der Waals surface area contributed by atoms with E-state index in [0.717, 1.165) is 6.07 Å². The SMILES string of the molecule is CCOc1cc(C(Nc2ccc(C(=N)N)cc2)C(=O)NNC(=O)c2cccc(F)c2)ccc1OC(C)C. The molecule has 0 heterocycles. The summed E-state index contributed by atoms with van der Waals surface area (Å²) in [4.78, 5) is 25.7. The van der Waals surface area contributed by atoms with Crippen molar-refractivity contribution in [2.45, 2.75) is 32.9 Å². The van der Waals surface area contributed by atoms with Crippen LogP contribution in [-0.4, -0.2) is 30.4 Å². The molecule has 37 heavy (non-hydrogen) atoms. The number of ether oxygens (including phenoxy) is 2. The van der Waals surface area contributed by atoms with Crippen LogP contribution in [-0.2, 0) is 4.79 Å². The van der Waals surface area contributed by atoms with Gasteiger partial charge in [0.2, 0.25) is 0 Å². The number of rotatable bonds is 10. The van der Waals surface area contributed by atoms with Crippen molar-refractivity contribution >= 4 is 23.3 Å². The molecule has 3 rings (SSSR count). The zero-order valence-electron chi connectivity index (χ0n) is 20.8. The molecular formula is C27H30FN5O4. The number of halogens is 1. The van der Waals surface area contributed by atoms with Crippen molar-refractivity contribution in [1.29, 1.82) is 5.41 Å². The third-order valence-corrected chi connectivity index (χ3v) is 5.12. The average molecular weight is 508 g/mol. The lowest BCUT2D eigenvalue weighted by molar-refractivity contribution is -0.122. The average Bonchev–Trinajstić information content (AvgIpc) is 2.87. The number of anilines is 1. The Kier molecular flexibility index (Phi) is 9.04. The normalized spacial score (nSPS) is 11.4. The molecule has 0 radical (unpaired) electrons. The number of carbonyl (C=O) groups excluding carboxylic acids is 2. The number of amidine groups is 1. The van der Waals surface area contributed by atoms with Crippen LogP contribution >= 0.6 is 0 Å². The van der Waals surface area contributed by atoms with E-state index >= 15 is 0 Å². The predicted molar refractivity (Wildman–Crippen MR) is 139 cm³/mol. The summed E-state index contributed by atoms with van der Waals surface area (Å²) in [6.07, 6.45) is -0.0832. The van der Waals surface area contributed by atoms with E-state index in [1.165, 1.54) is 18.2 Å². The Labute approximate surface area is 214 Å². The van der Waals surface area contributed by atoms with E-state index < -0.39 is 23.7 Å². The summed E-state index contributed by atoms with van der Waals surface area (Å²) in [5.74, 6) is -0.912. The molecule has 0 saturated heterocycles. The van der Waals surface area contributed by atoms with Crippen molar-refractivity contribution in [3.05, 3.63) is 89.2 Å². The molecule has 0 aliphatic heterocycles. The first-order valence-corrected chi connectivity index (χ1v) is 11.7. The second-order valence-corrected chi connectivity index (χ2v) is 8.33. The van der Waals surface area contributed by atoms with Crippen molar-refractivity contribution in [1.82, 2.24) is 10.9 Å². The fraction of sp³-hybridized carbons (Fsp3) is 0.222. The van der Waals surface area contributed by atoms with Gasteiger partial charge in [0.1, 0.15) is 17.7 Å². The summed E-state index contributed by atoms with van der Waals surface area (Å²) in [5.41, 5.74) is 11.9. The second kappa shape index (κ2) is 12.4. The van der Waals surface area contributed by atoms with Crippen LogP contribution in [0.4, 0.5) is 10.1 Å². The molecule has 9 nitrogen and oxygen atoms in total. The molecule has 0 aromatic heterocycles. The Morgan fingerprint density at radius 2 is 1.70 bits per heavy atom. The number of nitrogens with one attached hydrogen (secondary N) is 4. The molecule has 0 saturated carbocycles. The standard InChI is InChI=1S/C27H30FN5O4/c1-4-36-23-15-18(10-13-22(23)37-16(2)3)24(31-21-11-8-17(9-12-21)25(29)30)27(35)33-32-26(34)19-6-5-7-20(28)14-19/h5-16,24,31H,4H2,1-3H3,(H3,29,30)(H,32,34)(H,33,35). The maximum absolute atomic E-state index is 13.5. The number of carbonyl (C=O) groups is 2. The van der Waals surface area contributed by atoms with Gasteiger partial charge in [-0.3, -0.25) is 25.8 Å². The Bertz CT molecular complexity index is 1260. The zero-order chi connectivity index (χ0) is 26.9. The van der Waals surface area contributed by atoms with Crippen LogP contribution in [0.5, 0.6) is 11.5 Å². The minimum Gasteiger partial charge on any atom is -0.490 e. The lowest BCUT2D eigenvalue weighted by Crippen LogP contribution is -2.45. The summed E-state index contributed by atoms with van der Waals surface area (Å²) >= 11 is 0. The highest BCUT2D eigenvalue weighted by atomic mass is 19.1. The van der Waals surface area contributed by atoms with Crippen LogP contribution in [0.1, 0.15) is 48.3 Å². The molecule has 0 bridgehead atoms. The van der Waals surface area contributed by atoms with Gasteiger partial charge >= 0.3 is 0 Å². The Morgan fingerprint density at radius 3 is 2.32 bits per heavy atom. The van der Waals surface area contributed by atoms with E-state index in [0.29, 0.717) is 34.9 Å². The topological polar surface area (TPSA) is 139 Å². The number of nitrogens with two attached hydrogens (primary N) is 1. The molecule has 0 aliphatic rings. The number of hydrazine groups is 1. The van der Waals surface area contributed by atoms with Crippen LogP contribution in [0.2, 0.25) is 0 Å². The molecule has 0 aliphatic carbocycles. The van der Waals surface area contributed by atoms with Gasteiger partial charge < -0.3 is 20.5 Å². The lowest BCUT2D eigenvalue weighted by Gasteiger charge is -2.22. The quantitative estimate of drug-likeness (QED) is 0.160. The fourth-order valence-electron chi connectivity index (χ4n) is 3.43. The van der Waals surface area contributed by atoms with Gasteiger partial charge in [-0.05, 0) is 80.9 Å². The largest absolute Gasteiger partial charge is 0.490 e. The monoisotopic (exact) mass is 507 g/mol. The minimum absolute atomic E-state index is 0.0541. The van der Waals surface area contributed by atoms with Gasteiger partial charge in [-0.15, -0.1) is 0 Å². The summed E-state index contributed by atoms with van der Waals surface area (Å²) in [7, 11) is 0. The molecule has 10 heteroatoms. The third kappa shape index (κ3) is 7.44. The van der Waals surface area contributed by atoms with Crippen LogP contribution in [0.25, 0.3) is 0 Å². The van der Waals surface area contributed by atoms with Gasteiger partial charge in [0.25, 0.3) is 11.8 Å². The molecule has 0 spiro atoms. The highest BCUT2D eigenvalue weighted by Gasteiger charge is 2.23. The maximum atomic E-state index is 13.5. The Morgan fingerprint density at radius 1 is 0.973 bits per heavy atom. The molecule has 1 atom stereocenters. The molecule has 3 aromatic rings. The van der Waals surface area contributed by atoms with E-state index in [-0.39, 0.29) is 17.5 Å². The molecule has 2 amide bonds. The maximum Gasteiger partial charge on any atom is 0.269 e. The lowest BCUT2D eigenvalue weighted by atomic mass is 10.0. The van der Waals surface area contributed by atoms with Crippen molar-refractivity contribution < 1.29 is 23.5 Å². The molecule has 6 N–H and O–H groups in total. The van der Waals surface area contributed by atoms with Gasteiger partial charge in [-0.1, -0.05) is 12.1 Å². The third-order valence-electron chi connectivity index (χ3n) is 5.12. The van der Waals surface area contributed by atoms with E-state index in [4.69, 9.17) is 20.6 Å². The molecule has 1 unspecified atom stereocenters. The molecular weight excluding hydrogens is 477 g/mol. The van der Waals surface area contributed by atoms with Crippen LogP contribution < -0.4 is 31.4 Å². The summed E-state index contributed by atoms with van der Waals surface area (Å²) in [6.45, 7) is 6.02. The summed E-state index contributed by atoms with van der Waals surface area (Å²) < 4.78 is 25.0. The molecule has 3 aromatic carbocycles. The van der Waals surface area contributed by atoms with Gasteiger partial charge in [0.05, 0.1) is 12.7 Å². The number of amides is 2. The van der Waals surface area contributed by atoms with E-state index in [1.54, 1.807) is 42.5 Å². The van der Waals surface area contributed by atoms with Crippen molar-refractivity contribution in [2.24, 2.45) is 5.73 Å². The highest BCUT2D eigenvalue weighted by Crippen LogP contribution is 2.32. The van der Waals surface area contributed by atoms with Crippen LogP contribution in [0, 0.1) is 11.2 Å². The second-order valence-electron chi connectivity index (χ2n) is 8.33. The van der Waals surface area contributed by atoms with Crippen molar-refractivity contribution in [3.8, 4) is 11.5 Å². The van der Waals surface area contributed by atoms with E-state index in [9.17, 15) is 14.0 Å². The first kappa shape index (κ1) is 27.0. The number of hydrogen-bond acceptors (Lipinski definition) is 6. The van der Waals surface area contributed by atoms with Gasteiger partial charge in [0.15, 0.2) is 11.5 Å². The van der Waals surface area contributed by atoms with Gasteiger partial charge in [0, 0.05) is 16.8 Å². The van der Waals surface area contributed by atoms with Gasteiger partial charge in [-0.25, -0.2) is 4.39 Å². The fourth-order valence-corrected chi connectivity index (χ4v) is 3.43. The smallest absolute Gasteiger partial charge is 0.269 e. The summed E-state index contributed by atoms with van der Waals surface area (Å²) in [6, 6.07) is 15.9. The highest BCUT2D eigenvalue weighted by molar-refractivity contribution is 5.97. The van der Waals surface area contributed by atoms with Crippen LogP contribution in [0.15, 0.2) is 66.7 Å². The number of nitrogen functional groups attached to an aromatic ring is 1. The van der Waals surface area contributed by atoms with Crippen molar-refractivity contribution in [3.63, 3.8) is 0 Å². The van der Waals surface area contributed by atoms with E-state index in [1.807, 2.05) is 20.8 Å². The molecule has 194 valence electrons. The zero-order valence-corrected chi connectivity index (χ0v) is 20.8. The molecule has 0 fully saturated rings. The number of hydrogen-bond donors (Lipinski definition) is 5. The van der Waals surface area contributed by atoms with Gasteiger partial charge in [-0.2, -0.15) is 0 Å². The number of benzene rings is 3.